The van der Waals surface area contributed by atoms with E-state index in [0.29, 0.717) is 25.7 Å². The van der Waals surface area contributed by atoms with Crippen LogP contribution in [0.1, 0.15) is 149 Å². The molecule has 0 amide bonds. The second-order valence-corrected chi connectivity index (χ2v) is 15.3. The molecule has 5 atom stereocenters. The van der Waals surface area contributed by atoms with Crippen LogP contribution < -0.4 is 0 Å². The quantitative estimate of drug-likeness (QED) is 0.0223. The van der Waals surface area contributed by atoms with Crippen LogP contribution in [0, 0.1) is 11.8 Å². The zero-order valence-electron chi connectivity index (χ0n) is 32.4. The summed E-state index contributed by atoms with van der Waals surface area (Å²) < 4.78 is 26.3. The molecule has 11 nitrogen and oxygen atoms in total. The van der Waals surface area contributed by atoms with Crippen molar-refractivity contribution in [2.45, 2.75) is 167 Å². The van der Waals surface area contributed by atoms with Crippen molar-refractivity contribution < 1.29 is 52.9 Å². The Hall–Kier alpha value is -2.40. The average molecular weight is 769 g/mol. The zero-order chi connectivity index (χ0) is 39.2. The first kappa shape index (κ1) is 48.6. The van der Waals surface area contributed by atoms with Gasteiger partial charge < -0.3 is 29.5 Å². The van der Waals surface area contributed by atoms with Crippen LogP contribution in [0.15, 0.2) is 48.6 Å². The summed E-state index contributed by atoms with van der Waals surface area (Å²) in [5, 5.41) is 20.6. The van der Waals surface area contributed by atoms with Gasteiger partial charge in [-0.2, -0.15) is 0 Å². The van der Waals surface area contributed by atoms with Crippen molar-refractivity contribution >= 4 is 25.5 Å². The molecule has 1 fully saturated rings. The molecule has 53 heavy (non-hydrogen) atoms. The molecule has 0 aromatic rings. The maximum Gasteiger partial charge on any atom is 0.469 e. The summed E-state index contributed by atoms with van der Waals surface area (Å²) in [6, 6.07) is 0. The fourth-order valence-corrected chi connectivity index (χ4v) is 6.52. The second kappa shape index (κ2) is 30.9. The molecule has 0 heterocycles. The molecule has 1 aliphatic carbocycles. The van der Waals surface area contributed by atoms with Crippen LogP contribution in [-0.2, 0) is 32.9 Å². The fraction of sp³-hybridized carbons (Fsp3) is 0.732. The number of hydrogen-bond acceptors (Lipinski definition) is 9. The van der Waals surface area contributed by atoms with Gasteiger partial charge >= 0.3 is 19.8 Å². The third kappa shape index (κ3) is 26.9. The van der Waals surface area contributed by atoms with Crippen LogP contribution >= 0.6 is 7.82 Å². The lowest BCUT2D eigenvalue weighted by atomic mass is 9.88. The number of unbranched alkanes of at least 4 members (excludes halogenated alkanes) is 10. The summed E-state index contributed by atoms with van der Waals surface area (Å²) >= 11 is 0. The van der Waals surface area contributed by atoms with Crippen molar-refractivity contribution in [3.63, 3.8) is 0 Å². The first-order valence-electron chi connectivity index (χ1n) is 20.0. The second-order valence-electron chi connectivity index (χ2n) is 14.0. The van der Waals surface area contributed by atoms with Gasteiger partial charge in [0.1, 0.15) is 12.4 Å². The first-order valence-corrected chi connectivity index (χ1v) is 21.6. The van der Waals surface area contributed by atoms with Gasteiger partial charge in [0.05, 0.1) is 18.8 Å². The smallest absolute Gasteiger partial charge is 0.462 e. The number of Topliss-reactive ketones (excluding diaryl/α,β-unsaturated/α-hetero) is 1. The predicted octanol–water partition coefficient (Wildman–Crippen LogP) is 8.54. The largest absolute Gasteiger partial charge is 0.469 e. The summed E-state index contributed by atoms with van der Waals surface area (Å²) in [7, 11) is -4.82. The molecule has 0 aromatic heterocycles. The van der Waals surface area contributed by atoms with Crippen molar-refractivity contribution in [1.82, 2.24) is 0 Å². The number of carbonyl (C=O) groups is 3. The Morgan fingerprint density at radius 2 is 1.38 bits per heavy atom. The standard InChI is InChI=1S/C41H69O11P/c1-3-5-7-8-9-10-11-12-13-14-15-16-17-18-24-28-41(46)52-35(33-51-53(47,48)49)32-50-40(45)27-23-20-19-22-26-36-37(39(44)31-38(36)43)30-29-34(42)25-21-6-4-2/h9-10,12-13,15-16,29-30,34-37,39,42,44H,3-8,11,14,17-28,31-33H2,1-2H3,(H2,47,48,49)/b10-9-,13-12-,16-15-,30-29+/t34-,35+,36+,37+,39+/m0/s1. The Morgan fingerprint density at radius 1 is 0.792 bits per heavy atom. The minimum Gasteiger partial charge on any atom is -0.462 e. The number of allylic oxidation sites excluding steroid dienone is 6. The topological polar surface area (TPSA) is 177 Å². The number of aliphatic hydroxyl groups is 2. The number of hydrogen-bond donors (Lipinski definition) is 4. The summed E-state index contributed by atoms with van der Waals surface area (Å²) in [6.07, 6.45) is 30.2. The number of esters is 2. The summed E-state index contributed by atoms with van der Waals surface area (Å²) in [4.78, 5) is 55.5. The molecule has 304 valence electrons. The van der Waals surface area contributed by atoms with Crippen molar-refractivity contribution in [3.05, 3.63) is 48.6 Å². The number of ether oxygens (including phenoxy) is 2. The normalized spacial score (nSPS) is 19.3. The van der Waals surface area contributed by atoms with E-state index in [1.807, 2.05) is 0 Å². The molecule has 0 spiro atoms. The van der Waals surface area contributed by atoms with E-state index in [1.165, 1.54) is 19.3 Å². The van der Waals surface area contributed by atoms with Gasteiger partial charge in [-0.1, -0.05) is 114 Å². The van der Waals surface area contributed by atoms with Gasteiger partial charge in [-0.15, -0.1) is 0 Å². The van der Waals surface area contributed by atoms with Crippen molar-refractivity contribution in [1.29, 1.82) is 0 Å². The predicted molar refractivity (Wildman–Crippen MR) is 208 cm³/mol. The molecule has 12 heteroatoms. The van der Waals surface area contributed by atoms with Gasteiger partial charge in [-0.25, -0.2) is 4.57 Å². The molecule has 0 saturated heterocycles. The minimum absolute atomic E-state index is 0.0392. The van der Waals surface area contributed by atoms with Crippen molar-refractivity contribution in [3.8, 4) is 0 Å². The number of phosphoric ester groups is 1. The molecular weight excluding hydrogens is 699 g/mol. The van der Waals surface area contributed by atoms with E-state index in [2.05, 4.69) is 54.8 Å². The van der Waals surface area contributed by atoms with E-state index in [-0.39, 0.29) is 43.5 Å². The van der Waals surface area contributed by atoms with Crippen molar-refractivity contribution in [2.75, 3.05) is 13.2 Å². The van der Waals surface area contributed by atoms with Crippen LogP contribution in [-0.4, -0.2) is 69.2 Å². The Kier molecular flexibility index (Phi) is 28.3. The third-order valence-corrected chi connectivity index (χ3v) is 9.70. The summed E-state index contributed by atoms with van der Waals surface area (Å²) in [6.45, 7) is 3.30. The average Bonchev–Trinajstić information content (AvgIpc) is 3.38. The van der Waals surface area contributed by atoms with E-state index >= 15 is 0 Å². The Bertz CT molecular complexity index is 1160. The van der Waals surface area contributed by atoms with E-state index < -0.39 is 44.7 Å². The highest BCUT2D eigenvalue weighted by Crippen LogP contribution is 2.36. The molecule has 0 bridgehead atoms. The third-order valence-electron chi connectivity index (χ3n) is 9.22. The molecule has 0 unspecified atom stereocenters. The lowest BCUT2D eigenvalue weighted by molar-refractivity contribution is -0.161. The van der Waals surface area contributed by atoms with Crippen LogP contribution in [0.25, 0.3) is 0 Å². The maximum absolute atomic E-state index is 12.5. The number of rotatable bonds is 32. The first-order chi connectivity index (χ1) is 25.5. The maximum atomic E-state index is 12.5. The molecule has 1 saturated carbocycles. The van der Waals surface area contributed by atoms with Crippen LogP contribution in [0.3, 0.4) is 0 Å². The van der Waals surface area contributed by atoms with Gasteiger partial charge in [0, 0.05) is 31.1 Å². The highest BCUT2D eigenvalue weighted by atomic mass is 31.2. The minimum atomic E-state index is -4.82. The number of ketones is 1. The molecule has 0 aromatic carbocycles. The van der Waals surface area contributed by atoms with E-state index in [0.717, 1.165) is 70.6 Å². The van der Waals surface area contributed by atoms with Gasteiger partial charge in [0.15, 0.2) is 6.10 Å². The van der Waals surface area contributed by atoms with E-state index in [9.17, 15) is 29.2 Å². The van der Waals surface area contributed by atoms with Crippen molar-refractivity contribution in [2.24, 2.45) is 11.8 Å². The van der Waals surface area contributed by atoms with Crippen LogP contribution in [0.4, 0.5) is 0 Å². The lowest BCUT2D eigenvalue weighted by Crippen LogP contribution is -2.29. The number of carbonyl (C=O) groups excluding carboxylic acids is 3. The van der Waals surface area contributed by atoms with Gasteiger partial charge in [-0.05, 0) is 64.2 Å². The lowest BCUT2D eigenvalue weighted by Gasteiger charge is -2.18. The highest BCUT2D eigenvalue weighted by molar-refractivity contribution is 7.46. The monoisotopic (exact) mass is 768 g/mol. The SMILES string of the molecule is CCCCC/C=C\C/C=C\C/C=C\CCCCC(=O)O[C@H](COC(=O)CCCCCC[C@H]1C(=O)C[C@@H](O)[C@@H]1/C=C/[C@@H](O)CCCCC)COP(=O)(O)O. The van der Waals surface area contributed by atoms with E-state index in [1.54, 1.807) is 12.2 Å². The van der Waals surface area contributed by atoms with Gasteiger partial charge in [0.25, 0.3) is 0 Å². The molecule has 0 aliphatic heterocycles. The highest BCUT2D eigenvalue weighted by Gasteiger charge is 2.39. The molecule has 0 radical (unpaired) electrons. The van der Waals surface area contributed by atoms with E-state index in [4.69, 9.17) is 19.3 Å². The summed E-state index contributed by atoms with van der Waals surface area (Å²) in [5.41, 5.74) is 0. The van der Waals surface area contributed by atoms with Gasteiger partial charge in [0.2, 0.25) is 0 Å². The Morgan fingerprint density at radius 3 is 2.04 bits per heavy atom. The summed E-state index contributed by atoms with van der Waals surface area (Å²) in [5.74, 6) is -1.63. The molecule has 1 rings (SSSR count). The Labute approximate surface area is 318 Å². The Balaban J connectivity index is 2.32. The number of phosphoric acid groups is 1. The van der Waals surface area contributed by atoms with Crippen LogP contribution in [0.2, 0.25) is 0 Å². The molecular formula is C41H69O11P. The zero-order valence-corrected chi connectivity index (χ0v) is 33.3. The fourth-order valence-electron chi connectivity index (χ4n) is 6.16. The molecule has 4 N–H and O–H groups in total. The molecule has 1 aliphatic rings. The number of aliphatic hydroxyl groups excluding tert-OH is 2. The van der Waals surface area contributed by atoms with Gasteiger partial charge in [-0.3, -0.25) is 18.9 Å². The van der Waals surface area contributed by atoms with Crippen LogP contribution in [0.5, 0.6) is 0 Å².